The monoisotopic (exact) mass is 425 g/mol. The number of halogens is 1. The Balaban J connectivity index is 1.72. The van der Waals surface area contributed by atoms with Gasteiger partial charge in [0.2, 0.25) is 17.6 Å². The summed E-state index contributed by atoms with van der Waals surface area (Å²) < 4.78 is 30.7. The molecule has 0 bridgehead atoms. The van der Waals surface area contributed by atoms with Crippen molar-refractivity contribution in [1.29, 1.82) is 0 Å². The lowest BCUT2D eigenvalue weighted by atomic mass is 10.00. The van der Waals surface area contributed by atoms with Gasteiger partial charge in [-0.1, -0.05) is 23.7 Å². The van der Waals surface area contributed by atoms with Crippen LogP contribution in [0.15, 0.2) is 28.8 Å². The zero-order valence-electron chi connectivity index (χ0n) is 16.0. The summed E-state index contributed by atoms with van der Waals surface area (Å²) in [7, 11) is -3.78. The van der Waals surface area contributed by atoms with E-state index in [1.54, 1.807) is 29.2 Å². The highest BCUT2D eigenvalue weighted by Crippen LogP contribution is 2.23. The van der Waals surface area contributed by atoms with Gasteiger partial charge in [-0.2, -0.15) is 4.98 Å². The Bertz CT molecular complexity index is 927. The van der Waals surface area contributed by atoms with Crippen LogP contribution in [0.1, 0.15) is 45.4 Å². The molecule has 0 spiro atoms. The Kier molecular flexibility index (Phi) is 6.40. The lowest BCUT2D eigenvalue weighted by molar-refractivity contribution is -0.134. The highest BCUT2D eigenvalue weighted by atomic mass is 35.5. The molecule has 0 saturated carbocycles. The molecule has 7 nitrogen and oxygen atoms in total. The van der Waals surface area contributed by atoms with Crippen molar-refractivity contribution in [3.05, 3.63) is 35.2 Å². The maximum atomic E-state index is 12.8. The quantitative estimate of drug-likeness (QED) is 0.703. The summed E-state index contributed by atoms with van der Waals surface area (Å²) in [6.07, 6.45) is 3.72. The minimum absolute atomic E-state index is 0.0321. The number of likely N-dealkylation sites (tertiary alicyclic amines) is 1. The molecule has 3 rings (SSSR count). The molecule has 1 aliphatic heterocycles. The summed E-state index contributed by atoms with van der Waals surface area (Å²) in [4.78, 5) is 18.7. The Labute approximate surface area is 170 Å². The normalized spacial score (nSPS) is 18.8. The predicted molar refractivity (Wildman–Crippen MR) is 106 cm³/mol. The van der Waals surface area contributed by atoms with Gasteiger partial charge in [-0.15, -0.1) is 0 Å². The number of sulfone groups is 1. The average molecular weight is 426 g/mol. The van der Waals surface area contributed by atoms with Crippen molar-refractivity contribution in [3.63, 3.8) is 0 Å². The first-order valence-electron chi connectivity index (χ1n) is 9.42. The predicted octanol–water partition coefficient (Wildman–Crippen LogP) is 3.48. The van der Waals surface area contributed by atoms with E-state index in [1.165, 1.54) is 6.92 Å². The summed E-state index contributed by atoms with van der Waals surface area (Å²) in [5, 5.41) is 3.26. The Morgan fingerprint density at radius 1 is 1.32 bits per heavy atom. The molecule has 1 aliphatic rings. The van der Waals surface area contributed by atoms with Crippen LogP contribution in [0.3, 0.4) is 0 Å². The highest BCUT2D eigenvalue weighted by molar-refractivity contribution is 7.92. The van der Waals surface area contributed by atoms with Crippen molar-refractivity contribution < 1.29 is 17.7 Å². The molecule has 2 unspecified atom stereocenters. The first-order chi connectivity index (χ1) is 13.3. The zero-order chi connectivity index (χ0) is 20.3. The lowest BCUT2D eigenvalue weighted by Crippen LogP contribution is -2.49. The molecule has 28 heavy (non-hydrogen) atoms. The van der Waals surface area contributed by atoms with Crippen molar-refractivity contribution in [2.24, 2.45) is 0 Å². The molecule has 1 saturated heterocycles. The van der Waals surface area contributed by atoms with Gasteiger partial charge in [-0.3, -0.25) is 4.79 Å². The maximum absolute atomic E-state index is 12.8. The second-order valence-electron chi connectivity index (χ2n) is 7.06. The number of piperidine rings is 1. The molecule has 9 heteroatoms. The summed E-state index contributed by atoms with van der Waals surface area (Å²) in [6.45, 7) is 4.07. The van der Waals surface area contributed by atoms with Gasteiger partial charge in [-0.05, 0) is 56.9 Å². The number of rotatable bonds is 6. The van der Waals surface area contributed by atoms with Crippen LogP contribution in [0.4, 0.5) is 0 Å². The number of hydrogen-bond donors (Lipinski definition) is 0. The second kappa shape index (κ2) is 8.61. The summed E-state index contributed by atoms with van der Waals surface area (Å²) in [6, 6.07) is 6.93. The molecule has 2 heterocycles. The van der Waals surface area contributed by atoms with Gasteiger partial charge in [0, 0.05) is 23.2 Å². The SMILES string of the molecule is CCC1CCCCN1C(=O)C(C)S(=O)(=O)Cc1nc(-c2ccc(Cl)cc2)no1. The van der Waals surface area contributed by atoms with Gasteiger partial charge in [-0.25, -0.2) is 8.42 Å². The molecule has 1 aromatic heterocycles. The molecular weight excluding hydrogens is 402 g/mol. The fourth-order valence-electron chi connectivity index (χ4n) is 3.43. The first kappa shape index (κ1) is 20.8. The van der Waals surface area contributed by atoms with Gasteiger partial charge in [0.25, 0.3) is 0 Å². The van der Waals surface area contributed by atoms with E-state index in [-0.39, 0.29) is 23.7 Å². The Morgan fingerprint density at radius 2 is 2.04 bits per heavy atom. The fourth-order valence-corrected chi connectivity index (χ4v) is 4.71. The van der Waals surface area contributed by atoms with Crippen LogP contribution in [0.5, 0.6) is 0 Å². The molecule has 2 aromatic rings. The molecule has 2 atom stereocenters. The van der Waals surface area contributed by atoms with E-state index in [4.69, 9.17) is 16.1 Å². The summed E-state index contributed by atoms with van der Waals surface area (Å²) in [5.74, 6) is -0.562. The van der Waals surface area contributed by atoms with Gasteiger partial charge in [0.1, 0.15) is 11.0 Å². The van der Waals surface area contributed by atoms with E-state index >= 15 is 0 Å². The summed E-state index contributed by atoms with van der Waals surface area (Å²) in [5.41, 5.74) is 0.667. The van der Waals surface area contributed by atoms with Crippen molar-refractivity contribution >= 4 is 27.3 Å². The second-order valence-corrected chi connectivity index (χ2v) is 9.82. The first-order valence-corrected chi connectivity index (χ1v) is 11.5. The van der Waals surface area contributed by atoms with Crippen molar-refractivity contribution in [3.8, 4) is 11.4 Å². The van der Waals surface area contributed by atoms with Gasteiger partial charge in [0.15, 0.2) is 9.84 Å². The standard InChI is InChI=1S/C19H24ClN3O4S/c1-3-16-6-4-5-11-23(16)19(24)13(2)28(25,26)12-17-21-18(22-27-17)14-7-9-15(20)10-8-14/h7-10,13,16H,3-6,11-12H2,1-2H3. The topological polar surface area (TPSA) is 93.4 Å². The molecule has 0 N–H and O–H groups in total. The largest absolute Gasteiger partial charge is 0.339 e. The van der Waals surface area contributed by atoms with Gasteiger partial charge >= 0.3 is 0 Å². The van der Waals surface area contributed by atoms with Crippen molar-refractivity contribution in [2.75, 3.05) is 6.54 Å². The molecule has 0 aliphatic carbocycles. The fraction of sp³-hybridized carbons (Fsp3) is 0.526. The number of hydrogen-bond acceptors (Lipinski definition) is 6. The van der Waals surface area contributed by atoms with Crippen LogP contribution in [-0.2, 0) is 20.4 Å². The molecule has 152 valence electrons. The van der Waals surface area contributed by atoms with E-state index in [1.807, 2.05) is 6.92 Å². The number of benzene rings is 1. The van der Waals surface area contributed by atoms with Gasteiger partial charge < -0.3 is 9.42 Å². The third-order valence-electron chi connectivity index (χ3n) is 5.16. The molecular formula is C19H24ClN3O4S. The zero-order valence-corrected chi connectivity index (χ0v) is 17.5. The van der Waals surface area contributed by atoms with Crippen LogP contribution >= 0.6 is 11.6 Å². The van der Waals surface area contributed by atoms with Crippen LogP contribution in [0, 0.1) is 0 Å². The number of aromatic nitrogens is 2. The Morgan fingerprint density at radius 3 is 2.71 bits per heavy atom. The van der Waals surface area contributed by atoms with E-state index in [0.717, 1.165) is 25.7 Å². The van der Waals surface area contributed by atoms with Crippen molar-refractivity contribution in [2.45, 2.75) is 56.6 Å². The minimum Gasteiger partial charge on any atom is -0.339 e. The molecule has 0 radical (unpaired) electrons. The Hall–Kier alpha value is -1.93. The van der Waals surface area contributed by atoms with Crippen molar-refractivity contribution in [1.82, 2.24) is 15.0 Å². The van der Waals surface area contributed by atoms with E-state index in [9.17, 15) is 13.2 Å². The van der Waals surface area contributed by atoms with Crippen LogP contribution in [0.25, 0.3) is 11.4 Å². The third-order valence-corrected chi connectivity index (χ3v) is 7.34. The third kappa shape index (κ3) is 4.55. The van der Waals surface area contributed by atoms with E-state index in [2.05, 4.69) is 10.1 Å². The minimum atomic E-state index is -3.78. The highest BCUT2D eigenvalue weighted by Gasteiger charge is 2.36. The number of amides is 1. The molecule has 1 fully saturated rings. The van der Waals surface area contributed by atoms with Crippen LogP contribution in [-0.4, -0.2) is 47.2 Å². The number of carbonyl (C=O) groups is 1. The molecule has 1 amide bonds. The summed E-state index contributed by atoms with van der Waals surface area (Å²) >= 11 is 5.86. The van der Waals surface area contributed by atoms with E-state index in [0.29, 0.717) is 17.1 Å². The van der Waals surface area contributed by atoms with Crippen LogP contribution < -0.4 is 0 Å². The van der Waals surface area contributed by atoms with E-state index < -0.39 is 20.8 Å². The lowest BCUT2D eigenvalue weighted by Gasteiger charge is -2.36. The van der Waals surface area contributed by atoms with Gasteiger partial charge in [0.05, 0.1) is 0 Å². The smallest absolute Gasteiger partial charge is 0.242 e. The van der Waals surface area contributed by atoms with Crippen LogP contribution in [0.2, 0.25) is 5.02 Å². The number of nitrogens with zero attached hydrogens (tertiary/aromatic N) is 3. The maximum Gasteiger partial charge on any atom is 0.242 e. The molecule has 1 aromatic carbocycles. The average Bonchev–Trinajstić information content (AvgIpc) is 3.15. The number of carbonyl (C=O) groups excluding carboxylic acids is 1.